The van der Waals surface area contributed by atoms with Gasteiger partial charge in [-0.05, 0) is 17.7 Å². The number of aromatic nitrogens is 3. The lowest BCUT2D eigenvalue weighted by atomic mass is 10.1. The third-order valence-electron chi connectivity index (χ3n) is 3.82. The van der Waals surface area contributed by atoms with Crippen LogP contribution in [0.2, 0.25) is 0 Å². The maximum atomic E-state index is 12.2. The van der Waals surface area contributed by atoms with Gasteiger partial charge in [0, 0.05) is 19.3 Å². The second kappa shape index (κ2) is 4.76. The normalized spacial score (nSPS) is 16.9. The molecular formula is C14H14N4O3. The van der Waals surface area contributed by atoms with Crippen molar-refractivity contribution in [1.82, 2.24) is 19.9 Å². The summed E-state index contributed by atoms with van der Waals surface area (Å²) in [7, 11) is 0. The van der Waals surface area contributed by atoms with Crippen molar-refractivity contribution in [3.8, 4) is 11.5 Å². The Balaban J connectivity index is 1.37. The Morgan fingerprint density at radius 1 is 1.29 bits per heavy atom. The molecule has 1 fully saturated rings. The molecule has 0 aliphatic carbocycles. The summed E-state index contributed by atoms with van der Waals surface area (Å²) < 4.78 is 12.4. The van der Waals surface area contributed by atoms with Crippen molar-refractivity contribution in [2.24, 2.45) is 0 Å². The first kappa shape index (κ1) is 12.2. The first-order chi connectivity index (χ1) is 10.3. The highest BCUT2D eigenvalue weighted by atomic mass is 16.7. The number of fused-ring (bicyclic) bond motifs is 1. The largest absolute Gasteiger partial charge is 0.454 e. The first-order valence-electron chi connectivity index (χ1n) is 6.82. The maximum Gasteiger partial charge on any atom is 0.231 e. The molecule has 2 aliphatic rings. The molecule has 1 aromatic carbocycles. The van der Waals surface area contributed by atoms with E-state index in [1.807, 2.05) is 29.3 Å². The van der Waals surface area contributed by atoms with Crippen molar-refractivity contribution in [3.05, 3.63) is 36.2 Å². The van der Waals surface area contributed by atoms with Crippen molar-refractivity contribution in [3.63, 3.8) is 0 Å². The second-order valence-electron chi connectivity index (χ2n) is 5.20. The predicted molar refractivity (Wildman–Crippen MR) is 71.9 cm³/mol. The predicted octanol–water partition coefficient (Wildman–Crippen LogP) is 0.633. The van der Waals surface area contributed by atoms with Gasteiger partial charge in [-0.2, -0.15) is 0 Å². The molecular weight excluding hydrogens is 272 g/mol. The zero-order chi connectivity index (χ0) is 14.2. The lowest BCUT2D eigenvalue weighted by molar-refractivity contribution is -0.136. The number of benzene rings is 1. The van der Waals surface area contributed by atoms with Gasteiger partial charge in [0.15, 0.2) is 11.5 Å². The summed E-state index contributed by atoms with van der Waals surface area (Å²) in [5.74, 6) is 1.57. The maximum absolute atomic E-state index is 12.2. The van der Waals surface area contributed by atoms with Crippen molar-refractivity contribution >= 4 is 5.91 Å². The van der Waals surface area contributed by atoms with Crippen molar-refractivity contribution in [1.29, 1.82) is 0 Å². The molecule has 2 aromatic rings. The van der Waals surface area contributed by atoms with Gasteiger partial charge in [-0.1, -0.05) is 11.3 Å². The zero-order valence-corrected chi connectivity index (χ0v) is 11.3. The van der Waals surface area contributed by atoms with E-state index in [1.165, 1.54) is 0 Å². The van der Waals surface area contributed by atoms with Gasteiger partial charge in [0.1, 0.15) is 0 Å². The topological polar surface area (TPSA) is 69.5 Å². The van der Waals surface area contributed by atoms with Crippen molar-refractivity contribution in [2.45, 2.75) is 12.5 Å². The van der Waals surface area contributed by atoms with Crippen LogP contribution in [0, 0.1) is 0 Å². The number of rotatable bonds is 3. The van der Waals surface area contributed by atoms with Crippen LogP contribution in [0.1, 0.15) is 11.6 Å². The van der Waals surface area contributed by atoms with Crippen molar-refractivity contribution < 1.29 is 14.3 Å². The van der Waals surface area contributed by atoms with E-state index in [1.54, 1.807) is 10.9 Å². The number of hydrogen-bond acceptors (Lipinski definition) is 5. The molecule has 21 heavy (non-hydrogen) atoms. The molecule has 1 aromatic heterocycles. The van der Waals surface area contributed by atoms with Gasteiger partial charge < -0.3 is 14.4 Å². The Morgan fingerprint density at radius 2 is 2.14 bits per heavy atom. The molecule has 7 nitrogen and oxygen atoms in total. The number of hydrogen-bond donors (Lipinski definition) is 0. The molecule has 4 rings (SSSR count). The van der Waals surface area contributed by atoms with E-state index >= 15 is 0 Å². The van der Waals surface area contributed by atoms with E-state index in [0.717, 1.165) is 11.3 Å². The van der Waals surface area contributed by atoms with Crippen LogP contribution in [-0.2, 0) is 11.2 Å². The molecule has 0 atom stereocenters. The van der Waals surface area contributed by atoms with E-state index in [-0.39, 0.29) is 18.7 Å². The van der Waals surface area contributed by atoms with E-state index in [9.17, 15) is 4.79 Å². The summed E-state index contributed by atoms with van der Waals surface area (Å²) in [6, 6.07) is 5.86. The summed E-state index contributed by atoms with van der Waals surface area (Å²) in [6.45, 7) is 1.62. The van der Waals surface area contributed by atoms with Gasteiger partial charge in [0.25, 0.3) is 0 Å². The Morgan fingerprint density at radius 3 is 2.95 bits per heavy atom. The number of nitrogens with zero attached hydrogens (tertiary/aromatic N) is 4. The number of amides is 1. The molecule has 2 aliphatic heterocycles. The van der Waals surface area contributed by atoms with E-state index in [2.05, 4.69) is 10.3 Å². The molecule has 0 unspecified atom stereocenters. The molecule has 108 valence electrons. The standard InChI is InChI=1S/C14H14N4O3/c19-14(17-7-11(8-17)18-4-3-15-16-18)6-10-1-2-12-13(5-10)21-9-20-12/h1-5,11H,6-9H2. The number of carbonyl (C=O) groups excluding carboxylic acids is 1. The molecule has 0 spiro atoms. The fourth-order valence-corrected chi connectivity index (χ4v) is 2.58. The molecule has 0 saturated carbocycles. The minimum absolute atomic E-state index is 0.116. The number of likely N-dealkylation sites (tertiary alicyclic amines) is 1. The first-order valence-corrected chi connectivity index (χ1v) is 6.82. The molecule has 0 radical (unpaired) electrons. The smallest absolute Gasteiger partial charge is 0.231 e. The quantitative estimate of drug-likeness (QED) is 0.828. The fourth-order valence-electron chi connectivity index (χ4n) is 2.58. The van der Waals surface area contributed by atoms with Crippen LogP contribution in [0.3, 0.4) is 0 Å². The average molecular weight is 286 g/mol. The molecule has 3 heterocycles. The summed E-state index contributed by atoms with van der Waals surface area (Å²) in [4.78, 5) is 14.0. The molecule has 1 amide bonds. The molecule has 7 heteroatoms. The number of carbonyl (C=O) groups is 1. The monoisotopic (exact) mass is 286 g/mol. The van der Waals surface area contributed by atoms with Crippen LogP contribution in [0.15, 0.2) is 30.6 Å². The highest BCUT2D eigenvalue weighted by Gasteiger charge is 2.32. The highest BCUT2D eigenvalue weighted by Crippen LogP contribution is 2.33. The Kier molecular flexibility index (Phi) is 2.77. The lowest BCUT2D eigenvalue weighted by Gasteiger charge is -2.38. The van der Waals surface area contributed by atoms with Crippen LogP contribution < -0.4 is 9.47 Å². The van der Waals surface area contributed by atoms with E-state index < -0.39 is 0 Å². The fraction of sp³-hybridized carbons (Fsp3) is 0.357. The average Bonchev–Trinajstić information content (AvgIpc) is 3.06. The van der Waals surface area contributed by atoms with Gasteiger partial charge >= 0.3 is 0 Å². The second-order valence-corrected chi connectivity index (χ2v) is 5.20. The molecule has 0 N–H and O–H groups in total. The minimum Gasteiger partial charge on any atom is -0.454 e. The lowest BCUT2D eigenvalue weighted by Crippen LogP contribution is -2.51. The van der Waals surface area contributed by atoms with Crippen molar-refractivity contribution in [2.75, 3.05) is 19.9 Å². The zero-order valence-electron chi connectivity index (χ0n) is 11.3. The molecule has 1 saturated heterocycles. The van der Waals surface area contributed by atoms with Crippen LogP contribution in [0.5, 0.6) is 11.5 Å². The Hall–Kier alpha value is -2.57. The van der Waals surface area contributed by atoms with E-state index in [4.69, 9.17) is 9.47 Å². The van der Waals surface area contributed by atoms with Gasteiger partial charge in [0.2, 0.25) is 12.7 Å². The summed E-state index contributed by atoms with van der Waals surface area (Å²) in [6.07, 6.45) is 3.85. The minimum atomic E-state index is 0.116. The van der Waals surface area contributed by atoms with E-state index in [0.29, 0.717) is 25.3 Å². The third kappa shape index (κ3) is 2.20. The van der Waals surface area contributed by atoms with Crippen LogP contribution in [0.25, 0.3) is 0 Å². The Labute approximate surface area is 121 Å². The van der Waals surface area contributed by atoms with Crippen LogP contribution in [0.4, 0.5) is 0 Å². The van der Waals surface area contributed by atoms with Crippen LogP contribution >= 0.6 is 0 Å². The van der Waals surface area contributed by atoms with Gasteiger partial charge in [-0.3, -0.25) is 4.79 Å². The third-order valence-corrected chi connectivity index (χ3v) is 3.82. The summed E-state index contributed by atoms with van der Waals surface area (Å²) in [5, 5.41) is 7.73. The summed E-state index contributed by atoms with van der Waals surface area (Å²) in [5.41, 5.74) is 0.938. The SMILES string of the molecule is O=C(Cc1ccc2c(c1)OCO2)N1CC(n2ccnn2)C1. The van der Waals surface area contributed by atoms with Crippen LogP contribution in [-0.4, -0.2) is 45.7 Å². The Bertz CT molecular complexity index is 665. The highest BCUT2D eigenvalue weighted by molar-refractivity contribution is 5.79. The molecule has 0 bridgehead atoms. The summed E-state index contributed by atoms with van der Waals surface area (Å²) >= 11 is 0. The number of ether oxygens (including phenoxy) is 2. The van der Waals surface area contributed by atoms with Gasteiger partial charge in [-0.15, -0.1) is 5.10 Å². The van der Waals surface area contributed by atoms with Gasteiger partial charge in [-0.25, -0.2) is 4.68 Å². The van der Waals surface area contributed by atoms with Gasteiger partial charge in [0.05, 0.1) is 18.7 Å².